The summed E-state index contributed by atoms with van der Waals surface area (Å²) in [4.78, 5) is 26.5. The monoisotopic (exact) mass is 281 g/mol. The molecule has 0 radical (unpaired) electrons. The number of aromatic hydroxyl groups is 1. The van der Waals surface area contributed by atoms with Crippen molar-refractivity contribution in [3.8, 4) is 11.9 Å². The Balaban J connectivity index is 2.83. The van der Waals surface area contributed by atoms with Crippen molar-refractivity contribution >= 4 is 21.7 Å². The molecule has 21 heavy (non-hydrogen) atoms. The molecule has 0 aliphatic rings. The lowest BCUT2D eigenvalue weighted by Crippen LogP contribution is -2.23. The Labute approximate surface area is 118 Å². The SMILES string of the molecule is CCn1c(=O)c2c(O)[nH]c(=O)c(C#N)c2c2ccccc21. The number of hydrogen-bond donors (Lipinski definition) is 2. The van der Waals surface area contributed by atoms with Crippen LogP contribution in [-0.4, -0.2) is 14.7 Å². The summed E-state index contributed by atoms with van der Waals surface area (Å²) in [5.41, 5.74) is -0.684. The van der Waals surface area contributed by atoms with Crippen LogP contribution in [0.1, 0.15) is 12.5 Å². The molecule has 0 bridgehead atoms. The number of benzene rings is 1. The van der Waals surface area contributed by atoms with Gasteiger partial charge in [0.05, 0.1) is 5.52 Å². The number of pyridine rings is 2. The maximum Gasteiger partial charge on any atom is 0.269 e. The molecular formula is C15H11N3O3. The second kappa shape index (κ2) is 4.49. The first kappa shape index (κ1) is 12.9. The second-order valence-electron chi connectivity index (χ2n) is 4.61. The number of para-hydroxylation sites is 1. The van der Waals surface area contributed by atoms with Gasteiger partial charge in [-0.05, 0) is 13.0 Å². The van der Waals surface area contributed by atoms with Crippen molar-refractivity contribution in [2.75, 3.05) is 0 Å². The smallest absolute Gasteiger partial charge is 0.269 e. The molecule has 0 amide bonds. The molecule has 0 fully saturated rings. The molecule has 6 heteroatoms. The number of aromatic nitrogens is 2. The zero-order valence-corrected chi connectivity index (χ0v) is 11.2. The molecule has 3 rings (SSSR count). The van der Waals surface area contributed by atoms with E-state index in [1.165, 1.54) is 4.57 Å². The van der Waals surface area contributed by atoms with E-state index in [1.54, 1.807) is 24.3 Å². The van der Waals surface area contributed by atoms with Gasteiger partial charge >= 0.3 is 0 Å². The van der Waals surface area contributed by atoms with E-state index in [-0.39, 0.29) is 16.3 Å². The Morgan fingerprint density at radius 3 is 2.67 bits per heavy atom. The standard InChI is InChI=1S/C15H11N3O3/c1-2-18-10-6-4-3-5-8(10)11-9(7-16)13(19)17-14(20)12(11)15(18)21/h3-6H,2H2,1H3,(H2,17,19,20). The van der Waals surface area contributed by atoms with Crippen LogP contribution >= 0.6 is 0 Å². The van der Waals surface area contributed by atoms with Crippen LogP contribution in [0, 0.1) is 11.3 Å². The highest BCUT2D eigenvalue weighted by molar-refractivity contribution is 6.09. The Bertz CT molecular complexity index is 1040. The van der Waals surface area contributed by atoms with Crippen molar-refractivity contribution in [2.24, 2.45) is 0 Å². The predicted molar refractivity (Wildman–Crippen MR) is 78.4 cm³/mol. The number of H-pyrrole nitrogens is 1. The van der Waals surface area contributed by atoms with Gasteiger partial charge in [0, 0.05) is 17.3 Å². The van der Waals surface area contributed by atoms with Gasteiger partial charge in [-0.2, -0.15) is 5.26 Å². The van der Waals surface area contributed by atoms with Crippen molar-refractivity contribution < 1.29 is 5.11 Å². The van der Waals surface area contributed by atoms with Crippen LogP contribution in [-0.2, 0) is 6.54 Å². The molecule has 2 heterocycles. The maximum absolute atomic E-state index is 12.5. The first-order valence-corrected chi connectivity index (χ1v) is 6.40. The van der Waals surface area contributed by atoms with E-state index in [1.807, 2.05) is 13.0 Å². The zero-order valence-electron chi connectivity index (χ0n) is 11.2. The summed E-state index contributed by atoms with van der Waals surface area (Å²) in [6.45, 7) is 2.23. The van der Waals surface area contributed by atoms with E-state index in [0.717, 1.165) is 0 Å². The molecule has 6 nitrogen and oxygen atoms in total. The van der Waals surface area contributed by atoms with E-state index < -0.39 is 17.0 Å². The summed E-state index contributed by atoms with van der Waals surface area (Å²) in [7, 11) is 0. The summed E-state index contributed by atoms with van der Waals surface area (Å²) >= 11 is 0. The van der Waals surface area contributed by atoms with Gasteiger partial charge in [-0.3, -0.25) is 14.6 Å². The van der Waals surface area contributed by atoms with Crippen molar-refractivity contribution in [1.29, 1.82) is 5.26 Å². The first-order chi connectivity index (χ1) is 10.1. The number of rotatable bonds is 1. The lowest BCUT2D eigenvalue weighted by Gasteiger charge is -2.12. The quantitative estimate of drug-likeness (QED) is 0.659. The highest BCUT2D eigenvalue weighted by Crippen LogP contribution is 2.27. The maximum atomic E-state index is 12.5. The first-order valence-electron chi connectivity index (χ1n) is 6.40. The molecule has 2 N–H and O–H groups in total. The third-order valence-electron chi connectivity index (χ3n) is 3.55. The largest absolute Gasteiger partial charge is 0.494 e. The van der Waals surface area contributed by atoms with Crippen LogP contribution in [0.5, 0.6) is 5.88 Å². The minimum Gasteiger partial charge on any atom is -0.494 e. The van der Waals surface area contributed by atoms with Gasteiger partial charge in [-0.15, -0.1) is 0 Å². The molecule has 2 aromatic heterocycles. The number of aryl methyl sites for hydroxylation is 1. The fourth-order valence-electron chi connectivity index (χ4n) is 2.65. The molecule has 1 aromatic carbocycles. The number of hydrogen-bond acceptors (Lipinski definition) is 4. The molecule has 3 aromatic rings. The lowest BCUT2D eigenvalue weighted by molar-refractivity contribution is 0.458. The van der Waals surface area contributed by atoms with Gasteiger partial charge < -0.3 is 9.67 Å². The van der Waals surface area contributed by atoms with Crippen LogP contribution in [0.2, 0.25) is 0 Å². The Morgan fingerprint density at radius 1 is 1.29 bits per heavy atom. The Morgan fingerprint density at radius 2 is 2.00 bits per heavy atom. The fourth-order valence-corrected chi connectivity index (χ4v) is 2.65. The van der Waals surface area contributed by atoms with Crippen LogP contribution < -0.4 is 11.1 Å². The Hall–Kier alpha value is -3.07. The topological polar surface area (TPSA) is 98.9 Å². The van der Waals surface area contributed by atoms with Gasteiger partial charge in [0.2, 0.25) is 5.88 Å². The van der Waals surface area contributed by atoms with Crippen LogP contribution in [0.15, 0.2) is 33.9 Å². The number of fused-ring (bicyclic) bond motifs is 3. The second-order valence-corrected chi connectivity index (χ2v) is 4.61. The van der Waals surface area contributed by atoms with E-state index in [2.05, 4.69) is 4.98 Å². The van der Waals surface area contributed by atoms with E-state index >= 15 is 0 Å². The van der Waals surface area contributed by atoms with Gasteiger partial charge in [0.1, 0.15) is 17.0 Å². The fraction of sp³-hybridized carbons (Fsp3) is 0.133. The van der Waals surface area contributed by atoms with Gasteiger partial charge in [0.15, 0.2) is 0 Å². The molecule has 0 unspecified atom stereocenters. The molecule has 0 spiro atoms. The number of nitrogens with one attached hydrogen (secondary N) is 1. The predicted octanol–water partition coefficient (Wildman–Crippen LogP) is 1.44. The Kier molecular flexibility index (Phi) is 2.77. The van der Waals surface area contributed by atoms with E-state index in [4.69, 9.17) is 0 Å². The number of nitrogens with zero attached hydrogens (tertiary/aromatic N) is 2. The summed E-state index contributed by atoms with van der Waals surface area (Å²) in [6, 6.07) is 8.83. The highest BCUT2D eigenvalue weighted by Gasteiger charge is 2.18. The molecule has 0 atom stereocenters. The van der Waals surface area contributed by atoms with E-state index in [9.17, 15) is 20.0 Å². The van der Waals surface area contributed by atoms with Crippen LogP contribution in [0.25, 0.3) is 21.7 Å². The number of aromatic amines is 1. The van der Waals surface area contributed by atoms with Crippen LogP contribution in [0.4, 0.5) is 0 Å². The minimum absolute atomic E-state index is 0.0355. The summed E-state index contributed by atoms with van der Waals surface area (Å²) in [5, 5.41) is 19.9. The molecule has 0 aliphatic heterocycles. The van der Waals surface area contributed by atoms with Crippen molar-refractivity contribution in [3.63, 3.8) is 0 Å². The average molecular weight is 281 g/mol. The normalized spacial score (nSPS) is 10.9. The van der Waals surface area contributed by atoms with Crippen LogP contribution in [0.3, 0.4) is 0 Å². The summed E-state index contributed by atoms with van der Waals surface area (Å²) < 4.78 is 1.50. The van der Waals surface area contributed by atoms with Crippen molar-refractivity contribution in [1.82, 2.24) is 9.55 Å². The minimum atomic E-state index is -0.707. The molecule has 104 valence electrons. The number of nitriles is 1. The molecule has 0 saturated heterocycles. The van der Waals surface area contributed by atoms with E-state index in [0.29, 0.717) is 17.4 Å². The van der Waals surface area contributed by atoms with Crippen molar-refractivity contribution in [2.45, 2.75) is 13.5 Å². The highest BCUT2D eigenvalue weighted by atomic mass is 16.3. The lowest BCUT2D eigenvalue weighted by atomic mass is 10.0. The zero-order chi connectivity index (χ0) is 15.1. The molecule has 0 aliphatic carbocycles. The average Bonchev–Trinajstić information content (AvgIpc) is 2.47. The molecular weight excluding hydrogens is 270 g/mol. The van der Waals surface area contributed by atoms with Gasteiger partial charge in [0.25, 0.3) is 11.1 Å². The third kappa shape index (κ3) is 1.64. The van der Waals surface area contributed by atoms with Crippen molar-refractivity contribution in [3.05, 3.63) is 50.5 Å². The van der Waals surface area contributed by atoms with Gasteiger partial charge in [-0.25, -0.2) is 0 Å². The van der Waals surface area contributed by atoms with Gasteiger partial charge in [-0.1, -0.05) is 18.2 Å². The molecule has 0 saturated carbocycles. The summed E-state index contributed by atoms with van der Waals surface area (Å²) in [5.74, 6) is -0.507. The third-order valence-corrected chi connectivity index (χ3v) is 3.55. The summed E-state index contributed by atoms with van der Waals surface area (Å²) in [6.07, 6.45) is 0.